The van der Waals surface area contributed by atoms with Crippen LogP contribution in [0.25, 0.3) is 0 Å². The van der Waals surface area contributed by atoms with Crippen molar-refractivity contribution in [2.45, 2.75) is 6.04 Å². The molecule has 1 heterocycles. The third-order valence-corrected chi connectivity index (χ3v) is 2.87. The van der Waals surface area contributed by atoms with Crippen LogP contribution in [0.5, 0.6) is 11.5 Å². The van der Waals surface area contributed by atoms with E-state index in [0.29, 0.717) is 17.1 Å². The summed E-state index contributed by atoms with van der Waals surface area (Å²) in [7, 11) is 3.02. The summed E-state index contributed by atoms with van der Waals surface area (Å²) in [5, 5.41) is 13.8. The molecule has 0 aliphatic carbocycles. The fourth-order valence-electron chi connectivity index (χ4n) is 1.92. The first kappa shape index (κ1) is 13.7. The summed E-state index contributed by atoms with van der Waals surface area (Å²) in [5.74, 6) is -0.0943. The molecule has 0 bridgehead atoms. The Labute approximate surface area is 115 Å². The second-order valence-electron chi connectivity index (χ2n) is 4.07. The predicted octanol–water partition coefficient (Wildman–Crippen LogP) is 1.03. The number of nitrogens with one attached hydrogen (secondary N) is 2. The van der Waals surface area contributed by atoms with E-state index in [1.165, 1.54) is 20.3 Å². The maximum Gasteiger partial charge on any atom is 0.352 e. The van der Waals surface area contributed by atoms with Gasteiger partial charge >= 0.3 is 12.0 Å². The van der Waals surface area contributed by atoms with Gasteiger partial charge in [0.05, 0.1) is 20.3 Å². The number of methoxy groups -OCH3 is 2. The molecule has 2 amide bonds. The minimum atomic E-state index is -1.20. The van der Waals surface area contributed by atoms with Crippen molar-refractivity contribution in [3.8, 4) is 11.5 Å². The number of carboxylic acid groups (broad SMARTS) is 1. The molecule has 0 saturated carbocycles. The molecule has 1 aromatic rings. The molecule has 106 valence electrons. The van der Waals surface area contributed by atoms with Gasteiger partial charge in [-0.3, -0.25) is 0 Å². The molecular formula is C13H14N2O5. The topological polar surface area (TPSA) is 96.9 Å². The lowest BCUT2D eigenvalue weighted by Crippen LogP contribution is -2.43. The summed E-state index contributed by atoms with van der Waals surface area (Å²) in [5.41, 5.74) is 0.471. The largest absolute Gasteiger partial charge is 0.497 e. The lowest BCUT2D eigenvalue weighted by molar-refractivity contribution is -0.133. The van der Waals surface area contributed by atoms with E-state index in [1.54, 1.807) is 18.2 Å². The van der Waals surface area contributed by atoms with E-state index < -0.39 is 18.0 Å². The van der Waals surface area contributed by atoms with E-state index in [9.17, 15) is 9.59 Å². The van der Waals surface area contributed by atoms with Gasteiger partial charge < -0.3 is 25.2 Å². The number of benzene rings is 1. The number of carboxylic acids is 1. The van der Waals surface area contributed by atoms with Gasteiger partial charge in [0.2, 0.25) is 0 Å². The fraction of sp³-hybridized carbons (Fsp3) is 0.231. The van der Waals surface area contributed by atoms with Crippen LogP contribution in [-0.4, -0.2) is 31.3 Å². The van der Waals surface area contributed by atoms with Crippen molar-refractivity contribution in [3.05, 3.63) is 35.5 Å². The molecule has 3 N–H and O–H groups in total. The highest BCUT2D eigenvalue weighted by molar-refractivity contribution is 5.93. The normalized spacial score (nSPS) is 17.6. The Morgan fingerprint density at radius 3 is 2.65 bits per heavy atom. The summed E-state index contributed by atoms with van der Waals surface area (Å²) in [6, 6.07) is 3.92. The molecule has 1 atom stereocenters. The molecule has 0 aromatic heterocycles. The van der Waals surface area contributed by atoms with Gasteiger partial charge in [0.15, 0.2) is 0 Å². The third kappa shape index (κ3) is 2.66. The molecule has 7 heteroatoms. The van der Waals surface area contributed by atoms with Crippen LogP contribution in [0.3, 0.4) is 0 Å². The van der Waals surface area contributed by atoms with Gasteiger partial charge in [0.25, 0.3) is 0 Å². The minimum absolute atomic E-state index is 0.170. The molecule has 1 aromatic carbocycles. The zero-order valence-electron chi connectivity index (χ0n) is 11.0. The Hall–Kier alpha value is -2.70. The monoisotopic (exact) mass is 278 g/mol. The van der Waals surface area contributed by atoms with Crippen molar-refractivity contribution >= 4 is 12.0 Å². The maximum atomic E-state index is 11.5. The number of carbonyl (C=O) groups is 2. The van der Waals surface area contributed by atoms with Gasteiger partial charge in [-0.25, -0.2) is 9.59 Å². The number of urea groups is 1. The van der Waals surface area contributed by atoms with Gasteiger partial charge in [-0.15, -0.1) is 0 Å². The van der Waals surface area contributed by atoms with Crippen molar-refractivity contribution < 1.29 is 24.2 Å². The van der Waals surface area contributed by atoms with E-state index >= 15 is 0 Å². The van der Waals surface area contributed by atoms with Crippen molar-refractivity contribution in [1.29, 1.82) is 0 Å². The number of carbonyl (C=O) groups excluding carboxylic acids is 1. The summed E-state index contributed by atoms with van der Waals surface area (Å²) < 4.78 is 10.3. The van der Waals surface area contributed by atoms with E-state index in [4.69, 9.17) is 14.6 Å². The number of hydrogen-bond acceptors (Lipinski definition) is 4. The first-order valence-corrected chi connectivity index (χ1v) is 5.79. The van der Waals surface area contributed by atoms with Gasteiger partial charge in [-0.1, -0.05) is 0 Å². The van der Waals surface area contributed by atoms with Gasteiger partial charge in [0.1, 0.15) is 17.2 Å². The Morgan fingerprint density at radius 2 is 2.05 bits per heavy atom. The second kappa shape index (κ2) is 5.52. The highest BCUT2D eigenvalue weighted by Gasteiger charge is 2.25. The van der Waals surface area contributed by atoms with Crippen LogP contribution in [0.15, 0.2) is 30.0 Å². The van der Waals surface area contributed by atoms with E-state index in [1.807, 2.05) is 0 Å². The fourth-order valence-corrected chi connectivity index (χ4v) is 1.92. The smallest absolute Gasteiger partial charge is 0.352 e. The van der Waals surface area contributed by atoms with E-state index in [0.717, 1.165) is 0 Å². The SMILES string of the molecule is COc1ccc(C2C=C(C(=O)O)NC(=O)N2)c(OC)c1. The number of amides is 2. The first-order valence-electron chi connectivity index (χ1n) is 5.79. The molecule has 2 rings (SSSR count). The second-order valence-corrected chi connectivity index (χ2v) is 4.07. The predicted molar refractivity (Wildman–Crippen MR) is 69.7 cm³/mol. The van der Waals surface area contributed by atoms with Gasteiger partial charge in [-0.2, -0.15) is 0 Å². The van der Waals surface area contributed by atoms with Crippen LogP contribution < -0.4 is 20.1 Å². The molecular weight excluding hydrogens is 264 g/mol. The summed E-state index contributed by atoms with van der Waals surface area (Å²) in [6.45, 7) is 0. The Balaban J connectivity index is 2.42. The first-order chi connectivity index (χ1) is 9.55. The molecule has 1 aliphatic rings. The summed E-state index contributed by atoms with van der Waals surface area (Å²) >= 11 is 0. The highest BCUT2D eigenvalue weighted by Crippen LogP contribution is 2.31. The van der Waals surface area contributed by atoms with Gasteiger partial charge in [0, 0.05) is 11.6 Å². The third-order valence-electron chi connectivity index (χ3n) is 2.87. The molecule has 0 spiro atoms. The summed E-state index contributed by atoms with van der Waals surface area (Å²) in [4.78, 5) is 22.5. The van der Waals surface area contributed by atoms with Crippen LogP contribution in [0, 0.1) is 0 Å². The molecule has 0 saturated heterocycles. The molecule has 0 fully saturated rings. The number of aliphatic carboxylic acids is 1. The molecule has 0 radical (unpaired) electrons. The Kier molecular flexibility index (Phi) is 3.79. The zero-order valence-corrected chi connectivity index (χ0v) is 11.0. The highest BCUT2D eigenvalue weighted by atomic mass is 16.5. The van der Waals surface area contributed by atoms with Gasteiger partial charge in [-0.05, 0) is 18.2 Å². The van der Waals surface area contributed by atoms with Crippen LogP contribution in [0.1, 0.15) is 11.6 Å². The van der Waals surface area contributed by atoms with Crippen molar-refractivity contribution in [2.24, 2.45) is 0 Å². The number of hydrogen-bond donors (Lipinski definition) is 3. The lowest BCUT2D eigenvalue weighted by Gasteiger charge is -2.23. The Bertz CT molecular complexity index is 582. The average Bonchev–Trinajstić information content (AvgIpc) is 2.45. The quantitative estimate of drug-likeness (QED) is 0.764. The van der Waals surface area contributed by atoms with Crippen LogP contribution in [0.4, 0.5) is 4.79 Å². The van der Waals surface area contributed by atoms with Crippen LogP contribution in [0.2, 0.25) is 0 Å². The minimum Gasteiger partial charge on any atom is -0.497 e. The number of rotatable bonds is 4. The molecule has 1 unspecified atom stereocenters. The molecule has 20 heavy (non-hydrogen) atoms. The van der Waals surface area contributed by atoms with Crippen LogP contribution in [-0.2, 0) is 4.79 Å². The molecule has 1 aliphatic heterocycles. The van der Waals surface area contributed by atoms with E-state index in [2.05, 4.69) is 10.6 Å². The average molecular weight is 278 g/mol. The Morgan fingerprint density at radius 1 is 1.30 bits per heavy atom. The standard InChI is InChI=1S/C13H14N2O5/c1-19-7-3-4-8(11(5-7)20-2)9-6-10(12(16)17)15-13(18)14-9/h3-6,9H,1-2H3,(H,16,17)(H2,14,15,18). The van der Waals surface area contributed by atoms with Crippen molar-refractivity contribution in [2.75, 3.05) is 14.2 Å². The number of ether oxygens (including phenoxy) is 2. The van der Waals surface area contributed by atoms with Crippen molar-refractivity contribution in [3.63, 3.8) is 0 Å². The summed E-state index contributed by atoms with van der Waals surface area (Å²) in [6.07, 6.45) is 1.41. The van der Waals surface area contributed by atoms with Crippen LogP contribution >= 0.6 is 0 Å². The maximum absolute atomic E-state index is 11.5. The zero-order chi connectivity index (χ0) is 14.7. The van der Waals surface area contributed by atoms with Crippen molar-refractivity contribution in [1.82, 2.24) is 10.6 Å². The van der Waals surface area contributed by atoms with E-state index in [-0.39, 0.29) is 5.70 Å². The lowest BCUT2D eigenvalue weighted by atomic mass is 10.0. The molecule has 7 nitrogen and oxygen atoms in total.